The SMILES string of the molecule is CC(C)(CC(=O)N[C@@H](Cc1ccccc1)C(=O)NCCCCNC(=N)N)C(=O)O. The average molecular weight is 405 g/mol. The number of guanidine groups is 1. The molecule has 0 fully saturated rings. The summed E-state index contributed by atoms with van der Waals surface area (Å²) in [5.41, 5.74) is 4.87. The van der Waals surface area contributed by atoms with E-state index >= 15 is 0 Å². The first-order valence-corrected chi connectivity index (χ1v) is 9.54. The fraction of sp³-hybridized carbons (Fsp3) is 0.500. The van der Waals surface area contributed by atoms with Crippen molar-refractivity contribution in [1.29, 1.82) is 5.41 Å². The van der Waals surface area contributed by atoms with Crippen molar-refractivity contribution >= 4 is 23.7 Å². The lowest BCUT2D eigenvalue weighted by atomic mass is 9.89. The molecule has 0 spiro atoms. The van der Waals surface area contributed by atoms with Crippen molar-refractivity contribution in [3.05, 3.63) is 35.9 Å². The first-order valence-electron chi connectivity index (χ1n) is 9.54. The summed E-state index contributed by atoms with van der Waals surface area (Å²) < 4.78 is 0. The maximum Gasteiger partial charge on any atom is 0.309 e. The molecule has 7 N–H and O–H groups in total. The molecule has 2 amide bonds. The Morgan fingerprint density at radius 3 is 2.24 bits per heavy atom. The zero-order chi connectivity index (χ0) is 21.9. The highest BCUT2D eigenvalue weighted by Gasteiger charge is 2.31. The van der Waals surface area contributed by atoms with Crippen molar-refractivity contribution in [1.82, 2.24) is 16.0 Å². The van der Waals surface area contributed by atoms with Crippen LogP contribution < -0.4 is 21.7 Å². The molecule has 0 aliphatic rings. The zero-order valence-electron chi connectivity index (χ0n) is 17.0. The second kappa shape index (κ2) is 11.7. The summed E-state index contributed by atoms with van der Waals surface area (Å²) >= 11 is 0. The van der Waals surface area contributed by atoms with E-state index in [1.165, 1.54) is 13.8 Å². The van der Waals surface area contributed by atoms with Crippen LogP contribution in [0.2, 0.25) is 0 Å². The minimum Gasteiger partial charge on any atom is -0.481 e. The van der Waals surface area contributed by atoms with Gasteiger partial charge in [0, 0.05) is 25.9 Å². The van der Waals surface area contributed by atoms with E-state index in [1.54, 1.807) is 0 Å². The lowest BCUT2D eigenvalue weighted by molar-refractivity contribution is -0.149. The molecule has 0 radical (unpaired) electrons. The molecule has 0 saturated carbocycles. The van der Waals surface area contributed by atoms with E-state index in [2.05, 4.69) is 16.0 Å². The van der Waals surface area contributed by atoms with Crippen LogP contribution in [0.15, 0.2) is 30.3 Å². The molecular formula is C20H31N5O4. The van der Waals surface area contributed by atoms with Crippen molar-refractivity contribution in [2.75, 3.05) is 13.1 Å². The van der Waals surface area contributed by atoms with Gasteiger partial charge in [0.05, 0.1) is 5.41 Å². The van der Waals surface area contributed by atoms with Gasteiger partial charge in [0.2, 0.25) is 11.8 Å². The maximum atomic E-state index is 12.6. The molecule has 29 heavy (non-hydrogen) atoms. The van der Waals surface area contributed by atoms with Gasteiger partial charge < -0.3 is 26.8 Å². The summed E-state index contributed by atoms with van der Waals surface area (Å²) in [7, 11) is 0. The highest BCUT2D eigenvalue weighted by Crippen LogP contribution is 2.20. The molecule has 0 aromatic heterocycles. The first kappa shape index (κ1) is 23.9. The molecule has 160 valence electrons. The Labute approximate surface area is 170 Å². The maximum absolute atomic E-state index is 12.6. The average Bonchev–Trinajstić information content (AvgIpc) is 2.63. The van der Waals surface area contributed by atoms with Crippen molar-refractivity contribution in [2.24, 2.45) is 11.1 Å². The number of nitrogens with two attached hydrogens (primary N) is 1. The normalized spacial score (nSPS) is 11.9. The number of unbranched alkanes of at least 4 members (excludes halogenated alkanes) is 1. The number of aliphatic carboxylic acids is 1. The van der Waals surface area contributed by atoms with Crippen molar-refractivity contribution in [3.63, 3.8) is 0 Å². The van der Waals surface area contributed by atoms with Gasteiger partial charge in [0.1, 0.15) is 6.04 Å². The third-order valence-corrected chi connectivity index (χ3v) is 4.33. The summed E-state index contributed by atoms with van der Waals surface area (Å²) in [6.45, 7) is 3.90. The Balaban J connectivity index is 2.65. The third-order valence-electron chi connectivity index (χ3n) is 4.33. The Morgan fingerprint density at radius 1 is 1.10 bits per heavy atom. The van der Waals surface area contributed by atoms with Crippen LogP contribution in [-0.4, -0.2) is 48.0 Å². The van der Waals surface area contributed by atoms with Gasteiger partial charge in [-0.15, -0.1) is 0 Å². The van der Waals surface area contributed by atoms with Gasteiger partial charge in [0.15, 0.2) is 5.96 Å². The first-order chi connectivity index (χ1) is 13.6. The smallest absolute Gasteiger partial charge is 0.309 e. The zero-order valence-corrected chi connectivity index (χ0v) is 17.0. The highest BCUT2D eigenvalue weighted by atomic mass is 16.4. The summed E-state index contributed by atoms with van der Waals surface area (Å²) in [5.74, 6) is -1.98. The lowest BCUT2D eigenvalue weighted by Crippen LogP contribution is -2.49. The number of hydrogen-bond acceptors (Lipinski definition) is 4. The van der Waals surface area contributed by atoms with Crippen LogP contribution in [0.25, 0.3) is 0 Å². The Kier molecular flexibility index (Phi) is 9.64. The minimum absolute atomic E-state index is 0.0936. The molecule has 9 nitrogen and oxygen atoms in total. The van der Waals surface area contributed by atoms with Gasteiger partial charge in [-0.05, 0) is 32.3 Å². The van der Waals surface area contributed by atoms with Gasteiger partial charge >= 0.3 is 5.97 Å². The van der Waals surface area contributed by atoms with Crippen molar-refractivity contribution in [2.45, 2.75) is 45.6 Å². The monoisotopic (exact) mass is 405 g/mol. The molecule has 1 aromatic carbocycles. The summed E-state index contributed by atoms with van der Waals surface area (Å²) in [6.07, 6.45) is 1.49. The van der Waals surface area contributed by atoms with Crippen LogP contribution in [-0.2, 0) is 20.8 Å². The second-order valence-electron chi connectivity index (χ2n) is 7.51. The number of hydrogen-bond donors (Lipinski definition) is 6. The predicted molar refractivity (Wildman–Crippen MR) is 110 cm³/mol. The number of carboxylic acid groups (broad SMARTS) is 1. The van der Waals surface area contributed by atoms with E-state index in [4.69, 9.17) is 11.1 Å². The standard InChI is InChI=1S/C20H31N5O4/c1-20(2,18(28)29)13-16(26)25-15(12-14-8-4-3-5-9-14)17(27)23-10-6-7-11-24-19(21)22/h3-5,8-9,15H,6-7,10-13H2,1-2H3,(H,23,27)(H,25,26)(H,28,29)(H4,21,22,24)/t15-/m0/s1. The molecule has 1 atom stereocenters. The topological polar surface area (TPSA) is 157 Å². The number of carbonyl (C=O) groups is 3. The fourth-order valence-electron chi connectivity index (χ4n) is 2.59. The van der Waals surface area contributed by atoms with Crippen LogP contribution in [0.4, 0.5) is 0 Å². The van der Waals surface area contributed by atoms with Gasteiger partial charge in [0.25, 0.3) is 0 Å². The minimum atomic E-state index is -1.22. The molecule has 0 bridgehead atoms. The van der Waals surface area contributed by atoms with Crippen LogP contribution in [0.3, 0.4) is 0 Å². The third kappa shape index (κ3) is 9.59. The summed E-state index contributed by atoms with van der Waals surface area (Å²) in [5, 5.41) is 24.4. The molecule has 0 heterocycles. The second-order valence-corrected chi connectivity index (χ2v) is 7.51. The number of carbonyl (C=O) groups excluding carboxylic acids is 2. The number of rotatable bonds is 12. The van der Waals surface area contributed by atoms with E-state index < -0.39 is 23.3 Å². The van der Waals surface area contributed by atoms with E-state index in [0.29, 0.717) is 25.9 Å². The van der Waals surface area contributed by atoms with Crippen LogP contribution in [0, 0.1) is 10.8 Å². The highest BCUT2D eigenvalue weighted by molar-refractivity contribution is 5.90. The predicted octanol–water partition coefficient (Wildman–Crippen LogP) is 0.594. The lowest BCUT2D eigenvalue weighted by Gasteiger charge is -2.22. The van der Waals surface area contributed by atoms with E-state index in [9.17, 15) is 19.5 Å². The molecule has 0 aliphatic carbocycles. The summed E-state index contributed by atoms with van der Waals surface area (Å²) in [4.78, 5) is 36.2. The molecular weight excluding hydrogens is 374 g/mol. The van der Waals surface area contributed by atoms with Gasteiger partial charge in [-0.1, -0.05) is 30.3 Å². The molecule has 0 saturated heterocycles. The molecule has 1 aromatic rings. The van der Waals surface area contributed by atoms with Gasteiger partial charge in [-0.25, -0.2) is 0 Å². The largest absolute Gasteiger partial charge is 0.481 e. The van der Waals surface area contributed by atoms with Crippen LogP contribution in [0.5, 0.6) is 0 Å². The number of carboxylic acids is 1. The van der Waals surface area contributed by atoms with Gasteiger partial charge in [-0.2, -0.15) is 0 Å². The van der Waals surface area contributed by atoms with E-state index in [0.717, 1.165) is 12.0 Å². The molecule has 9 heteroatoms. The van der Waals surface area contributed by atoms with Crippen molar-refractivity contribution in [3.8, 4) is 0 Å². The quantitative estimate of drug-likeness (QED) is 0.170. The Morgan fingerprint density at radius 2 is 1.69 bits per heavy atom. The molecule has 1 rings (SSSR count). The summed E-state index contributed by atoms with van der Waals surface area (Å²) in [6, 6.07) is 8.48. The number of nitrogens with one attached hydrogen (secondary N) is 4. The van der Waals surface area contributed by atoms with E-state index in [-0.39, 0.29) is 18.3 Å². The van der Waals surface area contributed by atoms with Crippen LogP contribution >= 0.6 is 0 Å². The Bertz CT molecular complexity index is 706. The van der Waals surface area contributed by atoms with Crippen LogP contribution in [0.1, 0.15) is 38.7 Å². The number of amides is 2. The van der Waals surface area contributed by atoms with Crippen molar-refractivity contribution < 1.29 is 19.5 Å². The Hall–Kier alpha value is -3.10. The fourth-order valence-corrected chi connectivity index (χ4v) is 2.59. The number of benzene rings is 1. The van der Waals surface area contributed by atoms with Gasteiger partial charge in [-0.3, -0.25) is 19.8 Å². The van der Waals surface area contributed by atoms with E-state index in [1.807, 2.05) is 30.3 Å². The molecule has 0 aliphatic heterocycles. The molecule has 0 unspecified atom stereocenters.